The Bertz CT molecular complexity index is 1330. The van der Waals surface area contributed by atoms with Gasteiger partial charge in [-0.05, 0) is 35.7 Å². The minimum Gasteiger partial charge on any atom is -0.366 e. The molecule has 0 radical (unpaired) electrons. The van der Waals surface area contributed by atoms with Crippen molar-refractivity contribution < 1.29 is 9.59 Å². The number of hydrogen-bond acceptors (Lipinski definition) is 4. The molecule has 0 fully saturated rings. The number of pyridine rings is 1. The Hall–Kier alpha value is -4.26. The van der Waals surface area contributed by atoms with Gasteiger partial charge < -0.3 is 11.1 Å². The number of anilines is 1. The second-order valence-corrected chi connectivity index (χ2v) is 8.14. The van der Waals surface area contributed by atoms with E-state index in [0.29, 0.717) is 16.9 Å². The number of nitrogens with one attached hydrogen (secondary N) is 1. The van der Waals surface area contributed by atoms with Crippen molar-refractivity contribution in [1.29, 1.82) is 0 Å². The van der Waals surface area contributed by atoms with Crippen molar-refractivity contribution in [2.75, 3.05) is 5.32 Å². The Morgan fingerprint density at radius 1 is 1.00 bits per heavy atom. The lowest BCUT2D eigenvalue weighted by atomic mass is 9.93. The predicted octanol–water partition coefficient (Wildman–Crippen LogP) is 4.62. The first kappa shape index (κ1) is 22.0. The van der Waals surface area contributed by atoms with Crippen LogP contribution in [0.4, 0.5) is 5.69 Å². The molecule has 7 heteroatoms. The average Bonchev–Trinajstić information content (AvgIpc) is 3.25. The third kappa shape index (κ3) is 4.67. The number of amides is 2. The van der Waals surface area contributed by atoms with E-state index < -0.39 is 5.91 Å². The molecule has 0 unspecified atom stereocenters. The van der Waals surface area contributed by atoms with Crippen LogP contribution in [0.3, 0.4) is 0 Å². The van der Waals surface area contributed by atoms with Crippen LogP contribution in [-0.2, 0) is 7.05 Å². The first-order valence-electron chi connectivity index (χ1n) is 10.6. The summed E-state index contributed by atoms with van der Waals surface area (Å²) in [6, 6.07) is 18.5. The van der Waals surface area contributed by atoms with Gasteiger partial charge in [0, 0.05) is 36.1 Å². The molecule has 2 aromatic carbocycles. The van der Waals surface area contributed by atoms with E-state index in [1.54, 1.807) is 16.8 Å². The second-order valence-electron chi connectivity index (χ2n) is 8.14. The number of aromatic nitrogens is 3. The van der Waals surface area contributed by atoms with Crippen molar-refractivity contribution >= 4 is 17.5 Å². The maximum atomic E-state index is 13.3. The van der Waals surface area contributed by atoms with Crippen LogP contribution in [0, 0.1) is 0 Å². The van der Waals surface area contributed by atoms with E-state index in [0.717, 1.165) is 22.4 Å². The van der Waals surface area contributed by atoms with Gasteiger partial charge in [0.2, 0.25) is 5.91 Å². The maximum absolute atomic E-state index is 13.3. The van der Waals surface area contributed by atoms with E-state index in [1.165, 1.54) is 6.20 Å². The van der Waals surface area contributed by atoms with Gasteiger partial charge >= 0.3 is 0 Å². The van der Waals surface area contributed by atoms with Crippen LogP contribution in [-0.4, -0.2) is 26.6 Å². The number of aryl methyl sites for hydroxylation is 1. The number of nitrogens with two attached hydrogens (primary N) is 1. The third-order valence-corrected chi connectivity index (χ3v) is 5.39. The fourth-order valence-corrected chi connectivity index (χ4v) is 3.70. The lowest BCUT2D eigenvalue weighted by molar-refractivity contribution is 0.0996. The van der Waals surface area contributed by atoms with Crippen LogP contribution in [0.25, 0.3) is 22.5 Å². The molecule has 4 rings (SSSR count). The van der Waals surface area contributed by atoms with E-state index in [1.807, 2.05) is 61.8 Å². The Morgan fingerprint density at radius 3 is 2.39 bits per heavy atom. The van der Waals surface area contributed by atoms with Crippen LogP contribution < -0.4 is 11.1 Å². The van der Waals surface area contributed by atoms with Crippen molar-refractivity contribution in [2.24, 2.45) is 12.8 Å². The highest BCUT2D eigenvalue weighted by Crippen LogP contribution is 2.31. The molecule has 4 aromatic rings. The minimum atomic E-state index is -0.615. The van der Waals surface area contributed by atoms with E-state index in [-0.39, 0.29) is 17.4 Å². The van der Waals surface area contributed by atoms with Crippen LogP contribution in [0.1, 0.15) is 46.0 Å². The summed E-state index contributed by atoms with van der Waals surface area (Å²) in [5, 5.41) is 7.44. The average molecular weight is 440 g/mol. The fraction of sp³-hybridized carbons (Fsp3) is 0.154. The zero-order valence-electron chi connectivity index (χ0n) is 18.7. The molecule has 166 valence electrons. The van der Waals surface area contributed by atoms with Crippen molar-refractivity contribution in [3.63, 3.8) is 0 Å². The number of carbonyl (C=O) groups is 2. The molecule has 0 spiro atoms. The molecule has 33 heavy (non-hydrogen) atoms. The molecule has 0 atom stereocenters. The SMILES string of the molecule is CC(C)c1ccc(C(=O)Nc2cc(C(N)=O)cnc2-c2ccccc2)cc1-c1ccn(C)n1. The summed E-state index contributed by atoms with van der Waals surface area (Å²) in [5.74, 6) is -0.667. The van der Waals surface area contributed by atoms with Gasteiger partial charge in [0.25, 0.3) is 5.91 Å². The summed E-state index contributed by atoms with van der Waals surface area (Å²) in [6.45, 7) is 4.21. The third-order valence-electron chi connectivity index (χ3n) is 5.39. The quantitative estimate of drug-likeness (QED) is 0.457. The lowest BCUT2D eigenvalue weighted by Crippen LogP contribution is -2.16. The molecule has 0 aliphatic heterocycles. The van der Waals surface area contributed by atoms with E-state index in [9.17, 15) is 9.59 Å². The van der Waals surface area contributed by atoms with Crippen molar-refractivity contribution in [2.45, 2.75) is 19.8 Å². The molecule has 0 saturated heterocycles. The molecule has 0 aliphatic rings. The largest absolute Gasteiger partial charge is 0.366 e. The number of carbonyl (C=O) groups excluding carboxylic acids is 2. The van der Waals surface area contributed by atoms with Gasteiger partial charge in [-0.1, -0.05) is 50.2 Å². The molecule has 0 bridgehead atoms. The summed E-state index contributed by atoms with van der Waals surface area (Å²) in [6.07, 6.45) is 3.29. The number of rotatable bonds is 6. The number of primary amides is 1. The van der Waals surface area contributed by atoms with E-state index in [4.69, 9.17) is 5.73 Å². The Labute approximate surface area is 192 Å². The topological polar surface area (TPSA) is 103 Å². The normalized spacial score (nSPS) is 10.9. The lowest BCUT2D eigenvalue weighted by Gasteiger charge is -2.15. The Kier molecular flexibility index (Phi) is 6.04. The molecular weight excluding hydrogens is 414 g/mol. The molecule has 2 heterocycles. The first-order chi connectivity index (χ1) is 15.8. The smallest absolute Gasteiger partial charge is 0.255 e. The highest BCUT2D eigenvalue weighted by molar-refractivity contribution is 6.07. The van der Waals surface area contributed by atoms with Crippen molar-refractivity contribution in [3.05, 3.63) is 89.7 Å². The second kappa shape index (κ2) is 9.08. The molecule has 3 N–H and O–H groups in total. The van der Waals surface area contributed by atoms with Crippen LogP contribution in [0.15, 0.2) is 73.1 Å². The Balaban J connectivity index is 1.74. The summed E-state index contributed by atoms with van der Waals surface area (Å²) in [5.41, 5.74) is 10.7. The van der Waals surface area contributed by atoms with Crippen molar-refractivity contribution in [1.82, 2.24) is 14.8 Å². The van der Waals surface area contributed by atoms with Gasteiger partial charge in [0.15, 0.2) is 0 Å². The monoisotopic (exact) mass is 439 g/mol. The minimum absolute atomic E-state index is 0.217. The van der Waals surface area contributed by atoms with Gasteiger partial charge in [-0.3, -0.25) is 19.3 Å². The number of hydrogen-bond donors (Lipinski definition) is 2. The highest BCUT2D eigenvalue weighted by Gasteiger charge is 2.18. The zero-order chi connectivity index (χ0) is 23.5. The maximum Gasteiger partial charge on any atom is 0.255 e. The van der Waals surface area contributed by atoms with Crippen LogP contribution in [0.5, 0.6) is 0 Å². The van der Waals surface area contributed by atoms with Gasteiger partial charge in [-0.25, -0.2) is 0 Å². The van der Waals surface area contributed by atoms with Gasteiger partial charge in [0.1, 0.15) is 0 Å². The standard InChI is InChI=1S/C26H25N5O2/c1-16(2)20-10-9-18(13-21(20)22-11-12-31(3)30-22)26(33)29-23-14-19(25(27)32)15-28-24(23)17-7-5-4-6-8-17/h4-16H,1-3H3,(H2,27,32)(H,29,33). The number of nitrogens with zero attached hydrogens (tertiary/aromatic N) is 3. The Morgan fingerprint density at radius 2 is 1.76 bits per heavy atom. The van der Waals surface area contributed by atoms with Crippen LogP contribution >= 0.6 is 0 Å². The molecule has 7 nitrogen and oxygen atoms in total. The summed E-state index contributed by atoms with van der Waals surface area (Å²) >= 11 is 0. The fourth-order valence-electron chi connectivity index (χ4n) is 3.70. The van der Waals surface area contributed by atoms with E-state index in [2.05, 4.69) is 29.2 Å². The first-order valence-corrected chi connectivity index (χ1v) is 10.6. The van der Waals surface area contributed by atoms with Crippen molar-refractivity contribution in [3.8, 4) is 22.5 Å². The molecule has 2 amide bonds. The summed E-state index contributed by atoms with van der Waals surface area (Å²) in [4.78, 5) is 29.4. The molecule has 0 saturated carbocycles. The van der Waals surface area contributed by atoms with Gasteiger partial charge in [-0.15, -0.1) is 0 Å². The highest BCUT2D eigenvalue weighted by atomic mass is 16.2. The zero-order valence-corrected chi connectivity index (χ0v) is 18.7. The van der Waals surface area contributed by atoms with Gasteiger partial charge in [-0.2, -0.15) is 5.10 Å². The van der Waals surface area contributed by atoms with Crippen LogP contribution in [0.2, 0.25) is 0 Å². The van der Waals surface area contributed by atoms with E-state index >= 15 is 0 Å². The van der Waals surface area contributed by atoms with Gasteiger partial charge in [0.05, 0.1) is 22.6 Å². The molecular formula is C26H25N5O2. The predicted molar refractivity (Wildman–Crippen MR) is 129 cm³/mol. The number of benzene rings is 2. The summed E-state index contributed by atoms with van der Waals surface area (Å²) < 4.78 is 1.74. The molecule has 0 aliphatic carbocycles. The molecule has 2 aromatic heterocycles. The summed E-state index contributed by atoms with van der Waals surface area (Å²) in [7, 11) is 1.86.